The topological polar surface area (TPSA) is 21.3 Å². The molecule has 0 saturated carbocycles. The molecule has 1 N–H and O–H groups in total. The number of hydrogen-bond donors (Lipinski definition) is 1. The molecule has 112 valence electrons. The van der Waals surface area contributed by atoms with Crippen LogP contribution in [0, 0.1) is 6.92 Å². The zero-order valence-corrected chi connectivity index (χ0v) is 13.6. The van der Waals surface area contributed by atoms with E-state index in [1.54, 1.807) is 0 Å². The molecule has 0 amide bonds. The molecule has 20 heavy (non-hydrogen) atoms. The van der Waals surface area contributed by atoms with Crippen molar-refractivity contribution in [2.45, 2.75) is 58.4 Å². The van der Waals surface area contributed by atoms with E-state index in [1.807, 2.05) is 6.07 Å². The van der Waals surface area contributed by atoms with E-state index in [0.717, 1.165) is 29.4 Å². The van der Waals surface area contributed by atoms with Gasteiger partial charge in [-0.2, -0.15) is 0 Å². The minimum atomic E-state index is 0.424. The molecule has 1 fully saturated rings. The van der Waals surface area contributed by atoms with Gasteiger partial charge in [-0.1, -0.05) is 25.4 Å². The average molecular weight is 296 g/mol. The van der Waals surface area contributed by atoms with Crippen molar-refractivity contribution in [1.82, 2.24) is 5.32 Å². The van der Waals surface area contributed by atoms with E-state index in [0.29, 0.717) is 12.0 Å². The maximum atomic E-state index is 6.28. The van der Waals surface area contributed by atoms with Crippen LogP contribution in [0.5, 0.6) is 5.75 Å². The highest BCUT2D eigenvalue weighted by Gasteiger charge is 2.14. The summed E-state index contributed by atoms with van der Waals surface area (Å²) in [4.78, 5) is 0. The van der Waals surface area contributed by atoms with Gasteiger partial charge < -0.3 is 10.1 Å². The summed E-state index contributed by atoms with van der Waals surface area (Å²) in [5.41, 5.74) is 2.29. The molecule has 1 unspecified atom stereocenters. The number of rotatable bonds is 6. The molecular weight excluding hydrogens is 270 g/mol. The van der Waals surface area contributed by atoms with Crippen LogP contribution in [0.2, 0.25) is 5.02 Å². The summed E-state index contributed by atoms with van der Waals surface area (Å²) in [6, 6.07) is 4.83. The van der Waals surface area contributed by atoms with Crippen LogP contribution < -0.4 is 10.1 Å². The van der Waals surface area contributed by atoms with E-state index in [-0.39, 0.29) is 0 Å². The van der Waals surface area contributed by atoms with Gasteiger partial charge in [-0.05, 0) is 68.3 Å². The van der Waals surface area contributed by atoms with Crippen molar-refractivity contribution in [3.05, 3.63) is 28.3 Å². The van der Waals surface area contributed by atoms with Crippen LogP contribution in [-0.4, -0.2) is 19.2 Å². The first-order valence-corrected chi connectivity index (χ1v) is 8.12. The van der Waals surface area contributed by atoms with Crippen LogP contribution in [0.15, 0.2) is 12.1 Å². The van der Waals surface area contributed by atoms with Crippen molar-refractivity contribution in [3.63, 3.8) is 0 Å². The lowest BCUT2D eigenvalue weighted by atomic mass is 10.0. The van der Waals surface area contributed by atoms with Gasteiger partial charge in [0.1, 0.15) is 5.75 Å². The summed E-state index contributed by atoms with van der Waals surface area (Å²) < 4.78 is 5.96. The van der Waals surface area contributed by atoms with E-state index < -0.39 is 0 Å². The van der Waals surface area contributed by atoms with Crippen molar-refractivity contribution >= 4 is 11.6 Å². The zero-order valence-electron chi connectivity index (χ0n) is 12.8. The minimum absolute atomic E-state index is 0.424. The number of hydrogen-bond acceptors (Lipinski definition) is 2. The van der Waals surface area contributed by atoms with Crippen molar-refractivity contribution in [1.29, 1.82) is 0 Å². The smallest absolute Gasteiger partial charge is 0.122 e. The first kappa shape index (κ1) is 15.7. The molecule has 1 aliphatic rings. The third-order valence-corrected chi connectivity index (χ3v) is 4.36. The summed E-state index contributed by atoms with van der Waals surface area (Å²) in [7, 11) is 0. The Morgan fingerprint density at radius 2 is 2.20 bits per heavy atom. The van der Waals surface area contributed by atoms with Crippen molar-refractivity contribution in [3.8, 4) is 5.75 Å². The molecule has 1 aliphatic heterocycles. The summed E-state index contributed by atoms with van der Waals surface area (Å²) in [5.74, 6) is 1.41. The molecule has 1 heterocycles. The predicted octanol–water partition coefficient (Wildman–Crippen LogP) is 4.68. The highest BCUT2D eigenvalue weighted by molar-refractivity contribution is 6.31. The molecule has 0 aliphatic carbocycles. The van der Waals surface area contributed by atoms with E-state index in [4.69, 9.17) is 16.3 Å². The predicted molar refractivity (Wildman–Crippen MR) is 86.0 cm³/mol. The van der Waals surface area contributed by atoms with Gasteiger partial charge in [-0.25, -0.2) is 0 Å². The minimum Gasteiger partial charge on any atom is -0.493 e. The molecular formula is C17H26ClNO. The second-order valence-electron chi connectivity index (χ2n) is 6.08. The van der Waals surface area contributed by atoms with Crippen LogP contribution in [0.25, 0.3) is 0 Å². The van der Waals surface area contributed by atoms with Crippen molar-refractivity contribution in [2.24, 2.45) is 0 Å². The van der Waals surface area contributed by atoms with Crippen LogP contribution in [0.1, 0.15) is 56.6 Å². The third kappa shape index (κ3) is 4.13. The molecule has 0 radical (unpaired) electrons. The van der Waals surface area contributed by atoms with E-state index in [2.05, 4.69) is 32.2 Å². The van der Waals surface area contributed by atoms with Crippen LogP contribution in [-0.2, 0) is 0 Å². The Morgan fingerprint density at radius 1 is 1.40 bits per heavy atom. The maximum absolute atomic E-state index is 6.28. The molecule has 1 aromatic carbocycles. The zero-order chi connectivity index (χ0) is 14.5. The SMILES string of the molecule is Cc1cc(Cl)c(C(C)C)cc1OCCCC1CCCN1. The van der Waals surface area contributed by atoms with Gasteiger partial charge in [0, 0.05) is 11.1 Å². The quantitative estimate of drug-likeness (QED) is 0.769. The second kappa shape index (κ2) is 7.33. The fourth-order valence-electron chi connectivity index (χ4n) is 2.78. The largest absolute Gasteiger partial charge is 0.493 e. The number of halogens is 1. The lowest BCUT2D eigenvalue weighted by Crippen LogP contribution is -2.21. The molecule has 0 spiro atoms. The molecule has 2 nitrogen and oxygen atoms in total. The number of nitrogens with one attached hydrogen (secondary N) is 1. The van der Waals surface area contributed by atoms with Crippen LogP contribution in [0.3, 0.4) is 0 Å². The Balaban J connectivity index is 1.86. The highest BCUT2D eigenvalue weighted by atomic mass is 35.5. The van der Waals surface area contributed by atoms with Gasteiger partial charge in [0.2, 0.25) is 0 Å². The Morgan fingerprint density at radius 3 is 2.85 bits per heavy atom. The van der Waals surface area contributed by atoms with E-state index in [1.165, 1.54) is 31.4 Å². The maximum Gasteiger partial charge on any atom is 0.122 e. The second-order valence-corrected chi connectivity index (χ2v) is 6.49. The normalized spacial score (nSPS) is 18.8. The van der Waals surface area contributed by atoms with Crippen LogP contribution >= 0.6 is 11.6 Å². The summed E-state index contributed by atoms with van der Waals surface area (Å²) in [6.07, 6.45) is 4.96. The summed E-state index contributed by atoms with van der Waals surface area (Å²) in [6.45, 7) is 8.35. The van der Waals surface area contributed by atoms with Gasteiger partial charge in [0.15, 0.2) is 0 Å². The van der Waals surface area contributed by atoms with Gasteiger partial charge in [-0.15, -0.1) is 0 Å². The summed E-state index contributed by atoms with van der Waals surface area (Å²) >= 11 is 6.28. The molecule has 0 aromatic heterocycles. The van der Waals surface area contributed by atoms with E-state index in [9.17, 15) is 0 Å². The fourth-order valence-corrected chi connectivity index (χ4v) is 3.22. The monoisotopic (exact) mass is 295 g/mol. The molecule has 0 bridgehead atoms. The Kier molecular flexibility index (Phi) is 5.74. The lowest BCUT2D eigenvalue weighted by molar-refractivity contribution is 0.297. The summed E-state index contributed by atoms with van der Waals surface area (Å²) in [5, 5.41) is 4.37. The Hall–Kier alpha value is -0.730. The van der Waals surface area contributed by atoms with Crippen molar-refractivity contribution in [2.75, 3.05) is 13.2 Å². The first-order chi connectivity index (χ1) is 9.58. The first-order valence-electron chi connectivity index (χ1n) is 7.74. The number of aryl methyl sites for hydroxylation is 1. The Bertz CT molecular complexity index is 439. The molecule has 3 heteroatoms. The number of ether oxygens (including phenoxy) is 1. The molecule has 1 saturated heterocycles. The van der Waals surface area contributed by atoms with Crippen molar-refractivity contribution < 1.29 is 4.74 Å². The van der Waals surface area contributed by atoms with Gasteiger partial charge in [0.05, 0.1) is 6.61 Å². The highest BCUT2D eigenvalue weighted by Crippen LogP contribution is 2.31. The standard InChI is InChI=1S/C17H26ClNO/c1-12(2)15-11-17(13(3)10-16(15)18)20-9-5-7-14-6-4-8-19-14/h10-12,14,19H,4-9H2,1-3H3. The fraction of sp³-hybridized carbons (Fsp3) is 0.647. The van der Waals surface area contributed by atoms with E-state index >= 15 is 0 Å². The molecule has 1 aromatic rings. The van der Waals surface area contributed by atoms with Gasteiger partial charge >= 0.3 is 0 Å². The average Bonchev–Trinajstić information content (AvgIpc) is 2.89. The number of benzene rings is 1. The third-order valence-electron chi connectivity index (χ3n) is 4.03. The lowest BCUT2D eigenvalue weighted by Gasteiger charge is -2.15. The molecule has 2 rings (SSSR count). The van der Waals surface area contributed by atoms with Gasteiger partial charge in [0.25, 0.3) is 0 Å². The van der Waals surface area contributed by atoms with Crippen LogP contribution in [0.4, 0.5) is 0 Å². The molecule has 1 atom stereocenters. The van der Waals surface area contributed by atoms with Gasteiger partial charge in [-0.3, -0.25) is 0 Å². The Labute approximate surface area is 127 Å².